The van der Waals surface area contributed by atoms with Gasteiger partial charge in [-0.1, -0.05) is 0 Å². The fraction of sp³-hybridized carbons (Fsp3) is 0.312. The van der Waals surface area contributed by atoms with Crippen LogP contribution in [0.15, 0.2) is 30.5 Å². The Morgan fingerprint density at radius 3 is 2.69 bits per heavy atom. The summed E-state index contributed by atoms with van der Waals surface area (Å²) in [6.45, 7) is 0. The number of benzene rings is 1. The second kappa shape index (κ2) is 6.76. The van der Waals surface area contributed by atoms with E-state index in [0.717, 1.165) is 0 Å². The molecule has 2 atom stereocenters. The molecule has 1 aliphatic rings. The van der Waals surface area contributed by atoms with Crippen LogP contribution in [0.1, 0.15) is 22.8 Å². The van der Waals surface area contributed by atoms with Crippen LogP contribution >= 0.6 is 0 Å². The van der Waals surface area contributed by atoms with Crippen molar-refractivity contribution in [2.45, 2.75) is 12.5 Å². The molecule has 1 aliphatic heterocycles. The van der Waals surface area contributed by atoms with Gasteiger partial charge in [0.25, 0.3) is 5.91 Å². The number of amides is 1. The van der Waals surface area contributed by atoms with Gasteiger partial charge in [0.1, 0.15) is 11.4 Å². The van der Waals surface area contributed by atoms with Crippen LogP contribution in [0, 0.1) is 23.1 Å². The molecule has 0 radical (unpaired) electrons. The van der Waals surface area contributed by atoms with E-state index in [-0.39, 0.29) is 29.3 Å². The van der Waals surface area contributed by atoms with Gasteiger partial charge in [0, 0.05) is 11.9 Å². The summed E-state index contributed by atoms with van der Waals surface area (Å²) < 4.78 is 37.9. The van der Waals surface area contributed by atoms with Crippen LogP contribution in [0.3, 0.4) is 0 Å². The van der Waals surface area contributed by atoms with E-state index in [1.54, 1.807) is 0 Å². The first kappa shape index (κ1) is 17.9. The number of nitriles is 1. The number of nitrogens with one attached hydrogen (secondary N) is 1. The number of rotatable bonds is 4. The van der Waals surface area contributed by atoms with E-state index in [4.69, 9.17) is 5.73 Å². The molecule has 2 aromatic rings. The van der Waals surface area contributed by atoms with E-state index in [1.807, 2.05) is 6.07 Å². The monoisotopic (exact) mass is 377 g/mol. The zero-order valence-corrected chi connectivity index (χ0v) is 14.4. The molecule has 2 unspecified atom stereocenters. The van der Waals surface area contributed by atoms with Crippen molar-refractivity contribution in [1.29, 1.82) is 5.26 Å². The Balaban J connectivity index is 1.93. The Bertz CT molecular complexity index is 978. The summed E-state index contributed by atoms with van der Waals surface area (Å²) in [6, 6.07) is 6.98. The minimum absolute atomic E-state index is 0.0532. The lowest BCUT2D eigenvalue weighted by molar-refractivity contribution is 0.100. The normalized spacial score (nSPS) is 21.7. The molecule has 0 spiro atoms. The molecular formula is C16H16FN5O3S. The van der Waals surface area contributed by atoms with E-state index < -0.39 is 33.5 Å². The summed E-state index contributed by atoms with van der Waals surface area (Å²) in [6.07, 6.45) is 1.62. The zero-order valence-electron chi connectivity index (χ0n) is 13.6. The Kier molecular flexibility index (Phi) is 4.65. The number of aromatic nitrogens is 2. The molecule has 1 saturated heterocycles. The van der Waals surface area contributed by atoms with Crippen molar-refractivity contribution in [2.24, 2.45) is 11.7 Å². The lowest BCUT2D eigenvalue weighted by atomic mass is 10.0. The molecular weight excluding hydrogens is 361 g/mol. The average molecular weight is 377 g/mol. The highest BCUT2D eigenvalue weighted by molar-refractivity contribution is 7.91. The van der Waals surface area contributed by atoms with Crippen LogP contribution in [-0.2, 0) is 9.84 Å². The van der Waals surface area contributed by atoms with E-state index >= 15 is 0 Å². The number of halogens is 1. The van der Waals surface area contributed by atoms with Crippen molar-refractivity contribution in [3.8, 4) is 6.07 Å². The molecule has 1 aromatic carbocycles. The Hall–Kier alpha value is -2.93. The Morgan fingerprint density at radius 2 is 2.08 bits per heavy atom. The minimum Gasteiger partial charge on any atom is -0.365 e. The first-order valence-electron chi connectivity index (χ1n) is 7.80. The van der Waals surface area contributed by atoms with Crippen LogP contribution in [0.5, 0.6) is 0 Å². The van der Waals surface area contributed by atoms with Gasteiger partial charge in [-0.05, 0) is 30.7 Å². The third kappa shape index (κ3) is 3.67. The predicted octanol–water partition coefficient (Wildman–Crippen LogP) is 1.36. The second-order valence-electron chi connectivity index (χ2n) is 6.07. The average Bonchev–Trinajstić information content (AvgIpc) is 3.00. The molecule has 3 rings (SSSR count). The van der Waals surface area contributed by atoms with Crippen LogP contribution in [0.4, 0.5) is 15.9 Å². The van der Waals surface area contributed by atoms with Crippen molar-refractivity contribution >= 4 is 27.2 Å². The summed E-state index contributed by atoms with van der Waals surface area (Å²) in [7, 11) is -3.26. The topological polar surface area (TPSA) is 131 Å². The Morgan fingerprint density at radius 1 is 1.38 bits per heavy atom. The highest BCUT2D eigenvalue weighted by atomic mass is 32.2. The van der Waals surface area contributed by atoms with Crippen LogP contribution in [-0.4, -0.2) is 35.6 Å². The number of nitrogens with two attached hydrogens (primary N) is 1. The first-order chi connectivity index (χ1) is 12.3. The number of sulfone groups is 1. The largest absolute Gasteiger partial charge is 0.365 e. The molecule has 8 nitrogen and oxygen atoms in total. The number of carbonyl (C=O) groups is 1. The molecule has 10 heteroatoms. The Labute approximate surface area is 149 Å². The van der Waals surface area contributed by atoms with E-state index in [2.05, 4.69) is 10.4 Å². The van der Waals surface area contributed by atoms with Gasteiger partial charge < -0.3 is 11.1 Å². The van der Waals surface area contributed by atoms with Gasteiger partial charge in [0.05, 0.1) is 29.5 Å². The maximum atomic E-state index is 13.0. The molecule has 1 fully saturated rings. The van der Waals surface area contributed by atoms with Gasteiger partial charge in [-0.2, -0.15) is 10.4 Å². The van der Waals surface area contributed by atoms with Gasteiger partial charge in [0.15, 0.2) is 15.7 Å². The third-order valence-electron chi connectivity index (χ3n) is 4.23. The van der Waals surface area contributed by atoms with E-state index in [9.17, 15) is 22.9 Å². The fourth-order valence-corrected chi connectivity index (χ4v) is 4.52. The third-order valence-corrected chi connectivity index (χ3v) is 5.96. The molecule has 0 aliphatic carbocycles. The second-order valence-corrected chi connectivity index (χ2v) is 8.30. The summed E-state index contributed by atoms with van der Waals surface area (Å²) in [4.78, 5) is 11.7. The van der Waals surface area contributed by atoms with Gasteiger partial charge in [0.2, 0.25) is 0 Å². The molecule has 2 heterocycles. The van der Waals surface area contributed by atoms with Gasteiger partial charge in [-0.15, -0.1) is 0 Å². The standard InChI is InChI=1S/C16H16FN5O3S/c17-11-1-3-12(4-2-11)20-16-13(15(19)23)8-22(21-16)14-5-6-26(24,25)9-10(14)7-18/h1-4,8,10,14H,5-6,9H2,(H2,19,23)(H,20,21). The number of nitrogens with zero attached hydrogens (tertiary/aromatic N) is 3. The SMILES string of the molecule is N#CC1CS(=O)(=O)CCC1n1cc(C(N)=O)c(Nc2ccc(F)cc2)n1. The molecule has 3 N–H and O–H groups in total. The lowest BCUT2D eigenvalue weighted by Gasteiger charge is -2.26. The molecule has 1 aromatic heterocycles. The van der Waals surface area contributed by atoms with Crippen molar-refractivity contribution in [2.75, 3.05) is 16.8 Å². The van der Waals surface area contributed by atoms with Crippen molar-refractivity contribution in [3.05, 3.63) is 41.8 Å². The summed E-state index contributed by atoms with van der Waals surface area (Å²) in [5, 5.41) is 16.5. The summed E-state index contributed by atoms with van der Waals surface area (Å²) >= 11 is 0. The molecule has 26 heavy (non-hydrogen) atoms. The lowest BCUT2D eigenvalue weighted by Crippen LogP contribution is -2.34. The summed E-state index contributed by atoms with van der Waals surface area (Å²) in [5.41, 5.74) is 5.99. The number of hydrogen-bond donors (Lipinski definition) is 2. The van der Waals surface area contributed by atoms with Gasteiger partial charge >= 0.3 is 0 Å². The fourth-order valence-electron chi connectivity index (χ4n) is 2.91. The molecule has 136 valence electrons. The maximum absolute atomic E-state index is 13.0. The smallest absolute Gasteiger partial charge is 0.254 e. The maximum Gasteiger partial charge on any atom is 0.254 e. The van der Waals surface area contributed by atoms with Crippen molar-refractivity contribution < 1.29 is 17.6 Å². The van der Waals surface area contributed by atoms with Crippen molar-refractivity contribution in [3.63, 3.8) is 0 Å². The number of carbonyl (C=O) groups excluding carboxylic acids is 1. The number of anilines is 2. The number of primary amides is 1. The zero-order chi connectivity index (χ0) is 18.9. The highest BCUT2D eigenvalue weighted by Gasteiger charge is 2.35. The molecule has 1 amide bonds. The minimum atomic E-state index is -3.26. The quantitative estimate of drug-likeness (QED) is 0.827. The van der Waals surface area contributed by atoms with Gasteiger partial charge in [-0.3, -0.25) is 9.48 Å². The van der Waals surface area contributed by atoms with E-state index in [0.29, 0.717) is 5.69 Å². The number of hydrogen-bond acceptors (Lipinski definition) is 6. The van der Waals surface area contributed by atoms with Crippen LogP contribution in [0.2, 0.25) is 0 Å². The van der Waals surface area contributed by atoms with Gasteiger partial charge in [-0.25, -0.2) is 12.8 Å². The van der Waals surface area contributed by atoms with E-state index in [1.165, 1.54) is 35.1 Å². The van der Waals surface area contributed by atoms with Crippen LogP contribution in [0.25, 0.3) is 0 Å². The molecule has 0 saturated carbocycles. The molecule has 0 bridgehead atoms. The van der Waals surface area contributed by atoms with Crippen LogP contribution < -0.4 is 11.1 Å². The highest BCUT2D eigenvalue weighted by Crippen LogP contribution is 2.31. The summed E-state index contributed by atoms with van der Waals surface area (Å²) in [5.74, 6) is -2.04. The first-order valence-corrected chi connectivity index (χ1v) is 9.63. The van der Waals surface area contributed by atoms with Crippen molar-refractivity contribution in [1.82, 2.24) is 9.78 Å². The predicted molar refractivity (Wildman–Crippen MR) is 91.8 cm³/mol.